The van der Waals surface area contributed by atoms with Gasteiger partial charge in [-0.2, -0.15) is 0 Å². The number of ether oxygens (including phenoxy) is 1. The summed E-state index contributed by atoms with van der Waals surface area (Å²) >= 11 is 0. The smallest absolute Gasteiger partial charge is 0.222 e. The minimum Gasteiger partial charge on any atom is -0.390 e. The molecular formula is C19H30N2O3. The zero-order chi connectivity index (χ0) is 17.2. The molecule has 1 aromatic rings. The van der Waals surface area contributed by atoms with E-state index in [1.807, 2.05) is 23.1 Å². The van der Waals surface area contributed by atoms with Crippen LogP contribution in [0.15, 0.2) is 30.3 Å². The van der Waals surface area contributed by atoms with Gasteiger partial charge in [-0.1, -0.05) is 36.8 Å². The van der Waals surface area contributed by atoms with Gasteiger partial charge in [-0.05, 0) is 18.4 Å². The summed E-state index contributed by atoms with van der Waals surface area (Å²) in [5.74, 6) is 0.160. The molecule has 0 aromatic heterocycles. The van der Waals surface area contributed by atoms with E-state index in [4.69, 9.17) is 4.74 Å². The number of carbonyl (C=O) groups is 1. The molecule has 1 aliphatic heterocycles. The maximum atomic E-state index is 12.4. The Labute approximate surface area is 145 Å². The van der Waals surface area contributed by atoms with E-state index in [0.717, 1.165) is 39.0 Å². The van der Waals surface area contributed by atoms with E-state index in [9.17, 15) is 9.90 Å². The third kappa shape index (κ3) is 6.59. The molecule has 0 saturated carbocycles. The topological polar surface area (TPSA) is 53.0 Å². The zero-order valence-electron chi connectivity index (χ0n) is 14.7. The molecule has 134 valence electrons. The summed E-state index contributed by atoms with van der Waals surface area (Å²) in [6, 6.07) is 10.3. The van der Waals surface area contributed by atoms with Crippen molar-refractivity contribution in [1.82, 2.24) is 9.80 Å². The van der Waals surface area contributed by atoms with E-state index in [1.165, 1.54) is 5.56 Å². The predicted molar refractivity (Wildman–Crippen MR) is 94.6 cm³/mol. The van der Waals surface area contributed by atoms with Crippen LogP contribution >= 0.6 is 0 Å². The zero-order valence-corrected chi connectivity index (χ0v) is 14.7. The van der Waals surface area contributed by atoms with Crippen molar-refractivity contribution >= 4 is 5.91 Å². The lowest BCUT2D eigenvalue weighted by molar-refractivity contribution is -0.132. The molecule has 0 bridgehead atoms. The maximum absolute atomic E-state index is 12.4. The van der Waals surface area contributed by atoms with Crippen molar-refractivity contribution in [3.05, 3.63) is 35.9 Å². The second kappa shape index (κ2) is 10.4. The fourth-order valence-electron chi connectivity index (χ4n) is 3.12. The Bertz CT molecular complexity index is 481. The first-order chi connectivity index (χ1) is 11.7. The summed E-state index contributed by atoms with van der Waals surface area (Å²) in [6.07, 6.45) is 2.99. The average Bonchev–Trinajstić information content (AvgIpc) is 2.77. The van der Waals surface area contributed by atoms with E-state index >= 15 is 0 Å². The quantitative estimate of drug-likeness (QED) is 0.738. The average molecular weight is 334 g/mol. The highest BCUT2D eigenvalue weighted by Gasteiger charge is 2.24. The Balaban J connectivity index is 1.77. The molecule has 1 atom stereocenters. The van der Waals surface area contributed by atoms with Crippen LogP contribution in [-0.2, 0) is 16.1 Å². The first-order valence-corrected chi connectivity index (χ1v) is 8.90. The molecular weight excluding hydrogens is 304 g/mol. The minimum atomic E-state index is -0.478. The molecule has 24 heavy (non-hydrogen) atoms. The molecule has 2 rings (SSSR count). The number of hydrogen-bond donors (Lipinski definition) is 1. The van der Waals surface area contributed by atoms with E-state index in [0.29, 0.717) is 26.1 Å². The summed E-state index contributed by atoms with van der Waals surface area (Å²) < 4.78 is 5.02. The number of rotatable bonds is 8. The van der Waals surface area contributed by atoms with E-state index in [2.05, 4.69) is 17.0 Å². The molecule has 0 spiro atoms. The summed E-state index contributed by atoms with van der Waals surface area (Å²) in [4.78, 5) is 16.4. The van der Waals surface area contributed by atoms with Gasteiger partial charge in [0.15, 0.2) is 0 Å². The van der Waals surface area contributed by atoms with Crippen molar-refractivity contribution in [3.63, 3.8) is 0 Å². The highest BCUT2D eigenvalue weighted by atomic mass is 16.5. The van der Waals surface area contributed by atoms with E-state index in [1.54, 1.807) is 7.11 Å². The number of aliphatic hydroxyl groups is 1. The maximum Gasteiger partial charge on any atom is 0.222 e. The number of hydrogen-bond acceptors (Lipinski definition) is 4. The van der Waals surface area contributed by atoms with Crippen LogP contribution in [0.1, 0.15) is 31.2 Å². The van der Waals surface area contributed by atoms with Crippen molar-refractivity contribution < 1.29 is 14.6 Å². The summed E-state index contributed by atoms with van der Waals surface area (Å²) in [6.45, 7) is 4.14. The van der Waals surface area contributed by atoms with Crippen LogP contribution < -0.4 is 0 Å². The summed E-state index contributed by atoms with van der Waals surface area (Å²) in [7, 11) is 1.70. The number of aliphatic hydroxyl groups excluding tert-OH is 1. The van der Waals surface area contributed by atoms with Crippen LogP contribution in [0.5, 0.6) is 0 Å². The molecule has 0 unspecified atom stereocenters. The van der Waals surface area contributed by atoms with Gasteiger partial charge in [-0.25, -0.2) is 0 Å². The molecule has 0 aliphatic carbocycles. The number of benzene rings is 1. The van der Waals surface area contributed by atoms with Crippen LogP contribution in [-0.4, -0.2) is 66.8 Å². The third-order valence-electron chi connectivity index (χ3n) is 4.43. The van der Waals surface area contributed by atoms with Gasteiger partial charge in [-0.3, -0.25) is 9.69 Å². The number of carbonyl (C=O) groups excluding carboxylic acids is 1. The lowest BCUT2D eigenvalue weighted by Gasteiger charge is -2.22. The molecule has 1 amide bonds. The van der Waals surface area contributed by atoms with Crippen molar-refractivity contribution in [3.8, 4) is 0 Å². The molecule has 1 heterocycles. The second-order valence-corrected chi connectivity index (χ2v) is 6.52. The fourth-order valence-corrected chi connectivity index (χ4v) is 3.12. The fraction of sp³-hybridized carbons (Fsp3) is 0.632. The molecule has 1 N–H and O–H groups in total. The van der Waals surface area contributed by atoms with Gasteiger partial charge < -0.3 is 14.7 Å². The van der Waals surface area contributed by atoms with E-state index < -0.39 is 6.10 Å². The number of nitrogens with zero attached hydrogens (tertiary/aromatic N) is 2. The van der Waals surface area contributed by atoms with Gasteiger partial charge in [0.1, 0.15) is 0 Å². The Morgan fingerprint density at radius 3 is 2.71 bits per heavy atom. The van der Waals surface area contributed by atoms with Crippen molar-refractivity contribution in [2.45, 2.75) is 38.3 Å². The number of amides is 1. The van der Waals surface area contributed by atoms with Crippen molar-refractivity contribution in [2.24, 2.45) is 0 Å². The monoisotopic (exact) mass is 334 g/mol. The van der Waals surface area contributed by atoms with Crippen LogP contribution in [0.25, 0.3) is 0 Å². The van der Waals surface area contributed by atoms with Crippen molar-refractivity contribution in [1.29, 1.82) is 0 Å². The van der Waals surface area contributed by atoms with Gasteiger partial charge >= 0.3 is 0 Å². The minimum absolute atomic E-state index is 0.160. The molecule has 1 saturated heterocycles. The lowest BCUT2D eigenvalue weighted by atomic mass is 10.2. The SMILES string of the molecule is COCCCCCC(=O)N1CCN(Cc2ccccc2)C[C@H](O)C1. The molecule has 1 fully saturated rings. The predicted octanol–water partition coefficient (Wildman–Crippen LogP) is 1.90. The van der Waals surface area contributed by atoms with E-state index in [-0.39, 0.29) is 5.91 Å². The second-order valence-electron chi connectivity index (χ2n) is 6.52. The van der Waals surface area contributed by atoms with Crippen LogP contribution in [0.3, 0.4) is 0 Å². The van der Waals surface area contributed by atoms with Gasteiger partial charge in [0.2, 0.25) is 5.91 Å². The lowest BCUT2D eigenvalue weighted by Crippen LogP contribution is -2.37. The molecule has 1 aromatic carbocycles. The van der Waals surface area contributed by atoms with Crippen LogP contribution in [0.4, 0.5) is 0 Å². The largest absolute Gasteiger partial charge is 0.390 e. The molecule has 5 nitrogen and oxygen atoms in total. The molecule has 5 heteroatoms. The summed E-state index contributed by atoms with van der Waals surface area (Å²) in [5.41, 5.74) is 1.24. The Morgan fingerprint density at radius 1 is 1.17 bits per heavy atom. The number of β-amino-alcohol motifs (C(OH)–C–C–N with tert-alkyl or cyclic N) is 1. The molecule has 0 radical (unpaired) electrons. The number of methoxy groups -OCH3 is 1. The van der Waals surface area contributed by atoms with Crippen LogP contribution in [0, 0.1) is 0 Å². The van der Waals surface area contributed by atoms with Crippen LogP contribution in [0.2, 0.25) is 0 Å². The standard InChI is InChI=1S/C19H30N2O3/c1-24-13-7-3-6-10-19(23)21-12-11-20(15-18(22)16-21)14-17-8-4-2-5-9-17/h2,4-5,8-9,18,22H,3,6-7,10-16H2,1H3/t18-/m0/s1. The third-order valence-corrected chi connectivity index (χ3v) is 4.43. The van der Waals surface area contributed by atoms with Crippen molar-refractivity contribution in [2.75, 3.05) is 39.9 Å². The number of unbranched alkanes of at least 4 members (excludes halogenated alkanes) is 2. The molecule has 1 aliphatic rings. The van der Waals surface area contributed by atoms with Gasteiger partial charge in [0.25, 0.3) is 0 Å². The van der Waals surface area contributed by atoms with Gasteiger partial charge in [0, 0.05) is 52.9 Å². The van der Waals surface area contributed by atoms with Gasteiger partial charge in [0.05, 0.1) is 6.10 Å². The highest BCUT2D eigenvalue weighted by molar-refractivity contribution is 5.76. The first-order valence-electron chi connectivity index (χ1n) is 8.90. The Morgan fingerprint density at radius 2 is 1.96 bits per heavy atom. The Hall–Kier alpha value is -1.43. The normalized spacial score (nSPS) is 19.2. The highest BCUT2D eigenvalue weighted by Crippen LogP contribution is 2.11. The van der Waals surface area contributed by atoms with Gasteiger partial charge in [-0.15, -0.1) is 0 Å². The first kappa shape index (κ1) is 18.9. The summed E-state index contributed by atoms with van der Waals surface area (Å²) in [5, 5.41) is 10.2. The Kier molecular flexibility index (Phi) is 8.22.